The van der Waals surface area contributed by atoms with E-state index in [0.29, 0.717) is 30.2 Å². The number of amides is 2. The normalized spacial score (nSPS) is 17.3. The summed E-state index contributed by atoms with van der Waals surface area (Å²) in [7, 11) is 0. The van der Waals surface area contributed by atoms with Gasteiger partial charge in [-0.3, -0.25) is 14.3 Å². The number of nitrogens with zero attached hydrogens (tertiary/aromatic N) is 3. The molecule has 1 N–H and O–H groups in total. The second kappa shape index (κ2) is 8.91. The molecule has 1 unspecified atom stereocenters. The average molecular weight is 469 g/mol. The summed E-state index contributed by atoms with van der Waals surface area (Å²) in [6, 6.07) is 21.3. The smallest absolute Gasteiger partial charge is 0.273 e. The highest BCUT2D eigenvalue weighted by atomic mass is 16.3. The molecule has 0 fully saturated rings. The van der Waals surface area contributed by atoms with Gasteiger partial charge < -0.3 is 14.6 Å². The zero-order valence-corrected chi connectivity index (χ0v) is 20.1. The molecule has 0 spiro atoms. The highest BCUT2D eigenvalue weighted by Gasteiger charge is 2.48. The SMILES string of the molecule is Cc1ccc(CNC(=O)C2(C)Cn3nc(-c4ccco4)cc3C(=O)N2Cc2ccccc2C)cc1. The lowest BCUT2D eigenvalue weighted by Gasteiger charge is -2.43. The van der Waals surface area contributed by atoms with Crippen molar-refractivity contribution in [3.8, 4) is 11.5 Å². The van der Waals surface area contributed by atoms with Gasteiger partial charge in [0.25, 0.3) is 5.91 Å². The average Bonchev–Trinajstić information content (AvgIpc) is 3.52. The third kappa shape index (κ3) is 4.25. The summed E-state index contributed by atoms with van der Waals surface area (Å²) >= 11 is 0. The zero-order chi connectivity index (χ0) is 24.6. The summed E-state index contributed by atoms with van der Waals surface area (Å²) in [5, 5.41) is 7.66. The molecule has 178 valence electrons. The maximum Gasteiger partial charge on any atom is 0.273 e. The minimum absolute atomic E-state index is 0.222. The molecule has 35 heavy (non-hydrogen) atoms. The summed E-state index contributed by atoms with van der Waals surface area (Å²) in [6.45, 7) is 6.79. The fourth-order valence-corrected chi connectivity index (χ4v) is 4.47. The Morgan fingerprint density at radius 3 is 2.57 bits per heavy atom. The molecule has 2 aromatic heterocycles. The Hall–Kier alpha value is -4.13. The molecule has 0 aliphatic carbocycles. The molecule has 7 heteroatoms. The van der Waals surface area contributed by atoms with Crippen molar-refractivity contribution in [2.75, 3.05) is 0 Å². The van der Waals surface area contributed by atoms with E-state index in [0.717, 1.165) is 22.3 Å². The fourth-order valence-electron chi connectivity index (χ4n) is 4.47. The number of aryl methyl sites for hydroxylation is 2. The van der Waals surface area contributed by atoms with Gasteiger partial charge in [-0.15, -0.1) is 0 Å². The lowest BCUT2D eigenvalue weighted by atomic mass is 9.93. The predicted octanol–water partition coefficient (Wildman–Crippen LogP) is 4.49. The fraction of sp³-hybridized carbons (Fsp3) is 0.250. The van der Waals surface area contributed by atoms with Crippen LogP contribution in [0.15, 0.2) is 77.4 Å². The van der Waals surface area contributed by atoms with Crippen molar-refractivity contribution in [1.29, 1.82) is 0 Å². The molecule has 1 aliphatic heterocycles. The molecule has 1 aliphatic rings. The van der Waals surface area contributed by atoms with Gasteiger partial charge in [-0.05, 0) is 49.6 Å². The van der Waals surface area contributed by atoms with Crippen LogP contribution in [0, 0.1) is 13.8 Å². The Balaban J connectivity index is 1.49. The van der Waals surface area contributed by atoms with E-state index in [1.807, 2.05) is 69.3 Å². The van der Waals surface area contributed by atoms with Crippen molar-refractivity contribution in [3.05, 3.63) is 101 Å². The van der Waals surface area contributed by atoms with E-state index in [-0.39, 0.29) is 18.4 Å². The number of fused-ring (bicyclic) bond motifs is 1. The quantitative estimate of drug-likeness (QED) is 0.452. The molecular weight excluding hydrogens is 440 g/mol. The molecule has 7 nitrogen and oxygen atoms in total. The lowest BCUT2D eigenvalue weighted by Crippen LogP contribution is -2.63. The Bertz CT molecular complexity index is 1370. The molecule has 0 radical (unpaired) electrons. The number of hydrogen-bond acceptors (Lipinski definition) is 4. The van der Waals surface area contributed by atoms with Crippen LogP contribution >= 0.6 is 0 Å². The van der Waals surface area contributed by atoms with Crippen LogP contribution in [0.4, 0.5) is 0 Å². The van der Waals surface area contributed by atoms with Crippen molar-refractivity contribution >= 4 is 11.8 Å². The van der Waals surface area contributed by atoms with Gasteiger partial charge in [0.2, 0.25) is 5.91 Å². The molecule has 0 bridgehead atoms. The third-order valence-corrected chi connectivity index (χ3v) is 6.72. The van der Waals surface area contributed by atoms with E-state index in [2.05, 4.69) is 10.4 Å². The van der Waals surface area contributed by atoms with Gasteiger partial charge in [0.15, 0.2) is 5.76 Å². The topological polar surface area (TPSA) is 80.4 Å². The third-order valence-electron chi connectivity index (χ3n) is 6.72. The number of hydrogen-bond donors (Lipinski definition) is 1. The van der Waals surface area contributed by atoms with Crippen molar-refractivity contribution in [2.45, 2.75) is 45.9 Å². The highest BCUT2D eigenvalue weighted by Crippen LogP contribution is 2.32. The Morgan fingerprint density at radius 2 is 1.86 bits per heavy atom. The maximum absolute atomic E-state index is 13.8. The number of nitrogens with one attached hydrogen (secondary N) is 1. The minimum atomic E-state index is -1.14. The van der Waals surface area contributed by atoms with E-state index in [9.17, 15) is 9.59 Å². The van der Waals surface area contributed by atoms with Gasteiger partial charge in [0, 0.05) is 19.2 Å². The molecule has 2 amide bonds. The predicted molar refractivity (Wildman–Crippen MR) is 132 cm³/mol. The summed E-state index contributed by atoms with van der Waals surface area (Å²) in [5.41, 5.74) is 4.10. The van der Waals surface area contributed by atoms with Crippen LogP contribution in [0.1, 0.15) is 39.7 Å². The van der Waals surface area contributed by atoms with Crippen LogP contribution in [0.25, 0.3) is 11.5 Å². The zero-order valence-electron chi connectivity index (χ0n) is 20.1. The second-order valence-corrected chi connectivity index (χ2v) is 9.31. The first-order valence-electron chi connectivity index (χ1n) is 11.7. The van der Waals surface area contributed by atoms with Gasteiger partial charge in [-0.1, -0.05) is 54.1 Å². The number of carbonyl (C=O) groups is 2. The van der Waals surface area contributed by atoms with E-state index in [1.54, 1.807) is 34.0 Å². The number of rotatable bonds is 6. The molecular formula is C28H28N4O3. The largest absolute Gasteiger partial charge is 0.463 e. The molecule has 5 rings (SSSR count). The van der Waals surface area contributed by atoms with Crippen LogP contribution in [-0.2, 0) is 24.4 Å². The van der Waals surface area contributed by atoms with Gasteiger partial charge in [0.05, 0.1) is 12.8 Å². The monoisotopic (exact) mass is 468 g/mol. The van der Waals surface area contributed by atoms with E-state index < -0.39 is 5.54 Å². The lowest BCUT2D eigenvalue weighted by molar-refractivity contribution is -0.133. The molecule has 2 aromatic carbocycles. The number of carbonyl (C=O) groups excluding carboxylic acids is 2. The van der Waals surface area contributed by atoms with Crippen molar-refractivity contribution in [3.63, 3.8) is 0 Å². The van der Waals surface area contributed by atoms with Gasteiger partial charge >= 0.3 is 0 Å². The van der Waals surface area contributed by atoms with E-state index in [1.165, 1.54) is 0 Å². The van der Waals surface area contributed by atoms with Crippen LogP contribution < -0.4 is 5.32 Å². The van der Waals surface area contributed by atoms with Crippen molar-refractivity contribution < 1.29 is 14.0 Å². The standard InChI is InChI=1S/C28H28N4O3/c1-19-10-12-21(13-11-19)16-29-27(34)28(3)18-32-24(15-23(30-32)25-9-6-14-35-25)26(33)31(28)17-22-8-5-4-7-20(22)2/h4-15H,16-18H2,1-3H3,(H,29,34). The summed E-state index contributed by atoms with van der Waals surface area (Å²) in [5.74, 6) is 0.120. The molecule has 3 heterocycles. The molecule has 0 saturated carbocycles. The van der Waals surface area contributed by atoms with Crippen LogP contribution in [-0.4, -0.2) is 32.0 Å². The summed E-state index contributed by atoms with van der Waals surface area (Å²) in [4.78, 5) is 29.1. The van der Waals surface area contributed by atoms with Crippen LogP contribution in [0.2, 0.25) is 0 Å². The Labute approximate surface area is 204 Å². The molecule has 0 saturated heterocycles. The second-order valence-electron chi connectivity index (χ2n) is 9.31. The van der Waals surface area contributed by atoms with Gasteiger partial charge in [0.1, 0.15) is 16.9 Å². The first-order valence-corrected chi connectivity index (χ1v) is 11.7. The first kappa shape index (κ1) is 22.7. The Kier molecular flexibility index (Phi) is 5.76. The first-order chi connectivity index (χ1) is 16.8. The maximum atomic E-state index is 13.8. The number of benzene rings is 2. The summed E-state index contributed by atoms with van der Waals surface area (Å²) in [6.07, 6.45) is 1.57. The van der Waals surface area contributed by atoms with Crippen LogP contribution in [0.3, 0.4) is 0 Å². The van der Waals surface area contributed by atoms with E-state index in [4.69, 9.17) is 4.42 Å². The van der Waals surface area contributed by atoms with Gasteiger partial charge in [-0.2, -0.15) is 5.10 Å². The summed E-state index contributed by atoms with van der Waals surface area (Å²) < 4.78 is 7.11. The number of aromatic nitrogens is 2. The van der Waals surface area contributed by atoms with E-state index >= 15 is 0 Å². The minimum Gasteiger partial charge on any atom is -0.463 e. The molecule has 4 aromatic rings. The number of furan rings is 1. The Morgan fingerprint density at radius 1 is 1.09 bits per heavy atom. The highest BCUT2D eigenvalue weighted by molar-refractivity contribution is 6.00. The van der Waals surface area contributed by atoms with Crippen molar-refractivity contribution in [1.82, 2.24) is 20.0 Å². The molecule has 1 atom stereocenters. The van der Waals surface area contributed by atoms with Crippen molar-refractivity contribution in [2.24, 2.45) is 0 Å². The van der Waals surface area contributed by atoms with Crippen LogP contribution in [0.5, 0.6) is 0 Å². The van der Waals surface area contributed by atoms with Gasteiger partial charge in [-0.25, -0.2) is 0 Å².